The summed E-state index contributed by atoms with van der Waals surface area (Å²) in [4.78, 5) is 22.4. The minimum absolute atomic E-state index is 0.147. The zero-order chi connectivity index (χ0) is 15.0. The molecule has 2 N–H and O–H groups in total. The third-order valence-electron chi connectivity index (χ3n) is 2.94. The largest absolute Gasteiger partial charge is 0.354 e. The topological polar surface area (TPSA) is 70.2 Å². The summed E-state index contributed by atoms with van der Waals surface area (Å²) >= 11 is 0. The molecule has 1 amide bonds. The van der Waals surface area contributed by atoms with Crippen LogP contribution < -0.4 is 10.6 Å². The molecule has 1 aromatic rings. The lowest BCUT2D eigenvalue weighted by molar-refractivity contribution is 0.0934. The summed E-state index contributed by atoms with van der Waals surface area (Å²) in [5, 5.41) is 6.03. The normalized spacial score (nSPS) is 12.2. The Morgan fingerprint density at radius 3 is 2.85 bits per heavy atom. The molecule has 0 saturated heterocycles. The summed E-state index contributed by atoms with van der Waals surface area (Å²) < 4.78 is 0. The molecule has 0 aliphatic carbocycles. The highest BCUT2D eigenvalue weighted by Gasteiger charge is 2.10. The Morgan fingerprint density at radius 2 is 2.20 bits per heavy atom. The van der Waals surface area contributed by atoms with Crippen molar-refractivity contribution in [2.24, 2.45) is 0 Å². The Labute approximate surface area is 121 Å². The maximum atomic E-state index is 11.9. The van der Waals surface area contributed by atoms with Crippen LogP contribution in [0.1, 0.15) is 37.2 Å². The van der Waals surface area contributed by atoms with Crippen LogP contribution in [0.4, 0.5) is 5.95 Å². The second-order valence-corrected chi connectivity index (χ2v) is 5.13. The van der Waals surface area contributed by atoms with Gasteiger partial charge in [-0.15, -0.1) is 0 Å². The summed E-state index contributed by atoms with van der Waals surface area (Å²) in [5.74, 6) is 0.346. The first kappa shape index (κ1) is 16.4. The first-order valence-electron chi connectivity index (χ1n) is 7.05. The highest BCUT2D eigenvalue weighted by Crippen LogP contribution is 2.02. The van der Waals surface area contributed by atoms with Crippen molar-refractivity contribution < 1.29 is 4.79 Å². The van der Waals surface area contributed by atoms with Crippen molar-refractivity contribution in [1.29, 1.82) is 0 Å². The molecule has 1 atom stereocenters. The van der Waals surface area contributed by atoms with Gasteiger partial charge in [-0.3, -0.25) is 4.79 Å². The number of rotatable bonds is 8. The average molecular weight is 279 g/mol. The molecule has 20 heavy (non-hydrogen) atoms. The first-order chi connectivity index (χ1) is 9.52. The van der Waals surface area contributed by atoms with Gasteiger partial charge in [0.1, 0.15) is 5.69 Å². The quantitative estimate of drug-likeness (QED) is 0.703. The Kier molecular flexibility index (Phi) is 6.93. The van der Waals surface area contributed by atoms with Crippen LogP contribution >= 0.6 is 0 Å². The van der Waals surface area contributed by atoms with Gasteiger partial charge in [-0.1, -0.05) is 6.92 Å². The first-order valence-corrected chi connectivity index (χ1v) is 7.05. The molecular weight excluding hydrogens is 254 g/mol. The molecular formula is C14H25N5O. The number of nitrogens with one attached hydrogen (secondary N) is 2. The highest BCUT2D eigenvalue weighted by molar-refractivity contribution is 5.92. The minimum atomic E-state index is -0.155. The SMILES string of the molecule is CCC(C)NC(=O)c1ccnc(NCCCN(C)C)n1. The summed E-state index contributed by atoms with van der Waals surface area (Å²) in [6.45, 7) is 5.79. The van der Waals surface area contributed by atoms with Gasteiger partial charge in [-0.25, -0.2) is 9.97 Å². The summed E-state index contributed by atoms with van der Waals surface area (Å²) in [7, 11) is 4.08. The van der Waals surface area contributed by atoms with Gasteiger partial charge in [0.15, 0.2) is 0 Å². The molecule has 1 heterocycles. The Morgan fingerprint density at radius 1 is 1.45 bits per heavy atom. The van der Waals surface area contributed by atoms with E-state index >= 15 is 0 Å². The van der Waals surface area contributed by atoms with Crippen molar-refractivity contribution in [2.45, 2.75) is 32.7 Å². The predicted octanol–water partition coefficient (Wildman–Crippen LogP) is 1.37. The number of carbonyl (C=O) groups is 1. The fourth-order valence-electron chi connectivity index (χ4n) is 1.57. The summed E-state index contributed by atoms with van der Waals surface area (Å²) in [5.41, 5.74) is 0.399. The molecule has 1 unspecified atom stereocenters. The Bertz CT molecular complexity index is 422. The number of hydrogen-bond acceptors (Lipinski definition) is 5. The second kappa shape index (κ2) is 8.47. The number of aromatic nitrogens is 2. The fourth-order valence-corrected chi connectivity index (χ4v) is 1.57. The van der Waals surface area contributed by atoms with Gasteiger partial charge in [0.05, 0.1) is 0 Å². The molecule has 0 radical (unpaired) electrons. The van der Waals surface area contributed by atoms with Crippen LogP contribution in [-0.4, -0.2) is 54.0 Å². The van der Waals surface area contributed by atoms with Gasteiger partial charge in [-0.05, 0) is 46.5 Å². The van der Waals surface area contributed by atoms with E-state index in [-0.39, 0.29) is 11.9 Å². The van der Waals surface area contributed by atoms with Crippen molar-refractivity contribution in [3.8, 4) is 0 Å². The summed E-state index contributed by atoms with van der Waals surface area (Å²) in [6, 6.07) is 1.77. The summed E-state index contributed by atoms with van der Waals surface area (Å²) in [6.07, 6.45) is 3.50. The Balaban J connectivity index is 2.50. The monoisotopic (exact) mass is 279 g/mol. The number of nitrogens with zero attached hydrogens (tertiary/aromatic N) is 3. The maximum Gasteiger partial charge on any atom is 0.270 e. The van der Waals surface area contributed by atoms with E-state index in [4.69, 9.17) is 0 Å². The van der Waals surface area contributed by atoms with Crippen molar-refractivity contribution >= 4 is 11.9 Å². The van der Waals surface area contributed by atoms with Crippen LogP contribution in [0, 0.1) is 0 Å². The lowest BCUT2D eigenvalue weighted by atomic mass is 10.2. The molecule has 112 valence electrons. The highest BCUT2D eigenvalue weighted by atomic mass is 16.1. The van der Waals surface area contributed by atoms with E-state index < -0.39 is 0 Å². The van der Waals surface area contributed by atoms with E-state index in [9.17, 15) is 4.79 Å². The number of carbonyl (C=O) groups excluding carboxylic acids is 1. The lowest BCUT2D eigenvalue weighted by Crippen LogP contribution is -2.32. The van der Waals surface area contributed by atoms with E-state index in [0.29, 0.717) is 11.6 Å². The molecule has 0 aliphatic rings. The third kappa shape index (κ3) is 5.97. The molecule has 1 rings (SSSR count). The van der Waals surface area contributed by atoms with Gasteiger partial charge in [0.25, 0.3) is 5.91 Å². The van der Waals surface area contributed by atoms with E-state index in [1.807, 2.05) is 27.9 Å². The molecule has 0 fully saturated rings. The van der Waals surface area contributed by atoms with Crippen molar-refractivity contribution in [3.05, 3.63) is 18.0 Å². The average Bonchev–Trinajstić information content (AvgIpc) is 2.43. The number of hydrogen-bond donors (Lipinski definition) is 2. The number of anilines is 1. The molecule has 6 heteroatoms. The smallest absolute Gasteiger partial charge is 0.270 e. The van der Waals surface area contributed by atoms with Crippen molar-refractivity contribution in [1.82, 2.24) is 20.2 Å². The molecule has 0 bridgehead atoms. The van der Waals surface area contributed by atoms with Gasteiger partial charge in [-0.2, -0.15) is 0 Å². The molecule has 0 aromatic carbocycles. The van der Waals surface area contributed by atoms with Gasteiger partial charge >= 0.3 is 0 Å². The van der Waals surface area contributed by atoms with Crippen molar-refractivity contribution in [3.63, 3.8) is 0 Å². The van der Waals surface area contributed by atoms with Crippen LogP contribution in [0.5, 0.6) is 0 Å². The molecule has 0 spiro atoms. The zero-order valence-corrected chi connectivity index (χ0v) is 12.8. The lowest BCUT2D eigenvalue weighted by Gasteiger charge is -2.12. The zero-order valence-electron chi connectivity index (χ0n) is 12.8. The van der Waals surface area contributed by atoms with Crippen LogP contribution in [0.25, 0.3) is 0 Å². The number of amides is 1. The van der Waals surface area contributed by atoms with E-state index in [1.54, 1.807) is 12.3 Å². The van der Waals surface area contributed by atoms with Crippen LogP contribution in [0.15, 0.2) is 12.3 Å². The third-order valence-corrected chi connectivity index (χ3v) is 2.94. The Hall–Kier alpha value is -1.69. The van der Waals surface area contributed by atoms with Crippen LogP contribution in [-0.2, 0) is 0 Å². The minimum Gasteiger partial charge on any atom is -0.354 e. The second-order valence-electron chi connectivity index (χ2n) is 5.13. The predicted molar refractivity (Wildman–Crippen MR) is 80.9 cm³/mol. The van der Waals surface area contributed by atoms with Gasteiger partial charge < -0.3 is 15.5 Å². The van der Waals surface area contributed by atoms with Crippen LogP contribution in [0.3, 0.4) is 0 Å². The van der Waals surface area contributed by atoms with Gasteiger partial charge in [0.2, 0.25) is 5.95 Å². The molecule has 6 nitrogen and oxygen atoms in total. The standard InChI is InChI=1S/C14H25N5O/c1-5-11(2)17-13(20)12-7-9-16-14(18-12)15-8-6-10-19(3)4/h7,9,11H,5-6,8,10H2,1-4H3,(H,17,20)(H,15,16,18). The van der Waals surface area contributed by atoms with E-state index in [0.717, 1.165) is 25.9 Å². The van der Waals surface area contributed by atoms with Gasteiger partial charge in [0, 0.05) is 18.8 Å². The van der Waals surface area contributed by atoms with Crippen LogP contribution in [0.2, 0.25) is 0 Å². The molecule has 0 saturated carbocycles. The van der Waals surface area contributed by atoms with E-state index in [2.05, 4.69) is 25.5 Å². The van der Waals surface area contributed by atoms with E-state index in [1.165, 1.54) is 0 Å². The fraction of sp³-hybridized carbons (Fsp3) is 0.643. The molecule has 1 aromatic heterocycles. The molecule has 0 aliphatic heterocycles. The maximum absolute atomic E-state index is 11.9. The van der Waals surface area contributed by atoms with Crippen molar-refractivity contribution in [2.75, 3.05) is 32.5 Å².